The van der Waals surface area contributed by atoms with Crippen molar-refractivity contribution in [2.45, 2.75) is 39.2 Å². The summed E-state index contributed by atoms with van der Waals surface area (Å²) in [5.41, 5.74) is 0. The Labute approximate surface area is 88.3 Å². The largest absolute Gasteiger partial charge is 0.359 e. The Balaban J connectivity index is 2.46. The second-order valence-electron chi connectivity index (χ2n) is 3.01. The summed E-state index contributed by atoms with van der Waals surface area (Å²) in [6, 6.07) is 0.534. The van der Waals surface area contributed by atoms with Gasteiger partial charge in [0.1, 0.15) is 5.15 Å². The number of rotatable bonds is 5. The number of anilines is 1. The van der Waals surface area contributed by atoms with Crippen molar-refractivity contribution in [3.63, 3.8) is 0 Å². The first-order chi connectivity index (χ1) is 6.26. The molecule has 0 radical (unpaired) electrons. The highest BCUT2D eigenvalue weighted by molar-refractivity contribution is 7.14. The molecule has 0 spiro atoms. The predicted octanol–water partition coefficient (Wildman–Crippen LogP) is 3.79. The van der Waals surface area contributed by atoms with Crippen molar-refractivity contribution in [1.82, 2.24) is 4.98 Å². The summed E-state index contributed by atoms with van der Waals surface area (Å²) in [4.78, 5) is 4.15. The molecule has 0 aliphatic heterocycles. The SMILES string of the molecule is CCCC(CC)Nc1nc(Cl)cs1. The van der Waals surface area contributed by atoms with E-state index < -0.39 is 0 Å². The maximum Gasteiger partial charge on any atom is 0.184 e. The number of aromatic nitrogens is 1. The third-order valence-electron chi connectivity index (χ3n) is 1.93. The highest BCUT2D eigenvalue weighted by atomic mass is 35.5. The normalized spacial score (nSPS) is 12.8. The summed E-state index contributed by atoms with van der Waals surface area (Å²) in [6.45, 7) is 4.38. The van der Waals surface area contributed by atoms with Crippen LogP contribution in [0.1, 0.15) is 33.1 Å². The molecular weight excluding hydrogens is 204 g/mol. The predicted molar refractivity (Wildman–Crippen MR) is 59.7 cm³/mol. The molecule has 74 valence electrons. The van der Waals surface area contributed by atoms with Gasteiger partial charge < -0.3 is 5.32 Å². The summed E-state index contributed by atoms with van der Waals surface area (Å²) >= 11 is 7.29. The van der Waals surface area contributed by atoms with Crippen molar-refractivity contribution in [3.05, 3.63) is 10.5 Å². The lowest BCUT2D eigenvalue weighted by Gasteiger charge is -2.14. The first-order valence-corrected chi connectivity index (χ1v) is 5.89. The van der Waals surface area contributed by atoms with Crippen molar-refractivity contribution in [2.75, 3.05) is 5.32 Å². The van der Waals surface area contributed by atoms with Gasteiger partial charge in [-0.3, -0.25) is 0 Å². The van der Waals surface area contributed by atoms with Crippen LogP contribution in [0, 0.1) is 0 Å². The van der Waals surface area contributed by atoms with Gasteiger partial charge in [0.05, 0.1) is 0 Å². The van der Waals surface area contributed by atoms with E-state index in [1.54, 1.807) is 11.3 Å². The van der Waals surface area contributed by atoms with Gasteiger partial charge in [-0.25, -0.2) is 4.98 Å². The fraction of sp³-hybridized carbons (Fsp3) is 0.667. The lowest BCUT2D eigenvalue weighted by molar-refractivity contribution is 0.622. The van der Waals surface area contributed by atoms with E-state index in [4.69, 9.17) is 11.6 Å². The van der Waals surface area contributed by atoms with Gasteiger partial charge in [-0.2, -0.15) is 0 Å². The summed E-state index contributed by atoms with van der Waals surface area (Å²) < 4.78 is 0. The van der Waals surface area contributed by atoms with Crippen molar-refractivity contribution in [2.24, 2.45) is 0 Å². The Bertz CT molecular complexity index is 250. The molecule has 13 heavy (non-hydrogen) atoms. The fourth-order valence-electron chi connectivity index (χ4n) is 1.22. The van der Waals surface area contributed by atoms with E-state index in [0.717, 1.165) is 11.6 Å². The fourth-order valence-corrected chi connectivity index (χ4v) is 2.14. The molecule has 0 saturated carbocycles. The van der Waals surface area contributed by atoms with Gasteiger partial charge in [-0.05, 0) is 12.8 Å². The Morgan fingerprint density at radius 1 is 1.62 bits per heavy atom. The average Bonchev–Trinajstić information content (AvgIpc) is 2.50. The molecule has 1 N–H and O–H groups in total. The van der Waals surface area contributed by atoms with Crippen LogP contribution in [0.4, 0.5) is 5.13 Å². The Morgan fingerprint density at radius 3 is 2.85 bits per heavy atom. The quantitative estimate of drug-likeness (QED) is 0.814. The maximum absolute atomic E-state index is 5.72. The zero-order valence-corrected chi connectivity index (χ0v) is 9.58. The van der Waals surface area contributed by atoms with Gasteiger partial charge >= 0.3 is 0 Å². The minimum atomic E-state index is 0.534. The van der Waals surface area contributed by atoms with E-state index >= 15 is 0 Å². The van der Waals surface area contributed by atoms with Crippen molar-refractivity contribution < 1.29 is 0 Å². The van der Waals surface area contributed by atoms with Crippen molar-refractivity contribution in [3.8, 4) is 0 Å². The van der Waals surface area contributed by atoms with Crippen LogP contribution < -0.4 is 5.32 Å². The summed E-state index contributed by atoms with van der Waals surface area (Å²) in [5, 5.41) is 6.74. The number of hydrogen-bond acceptors (Lipinski definition) is 3. The summed E-state index contributed by atoms with van der Waals surface area (Å²) in [5.74, 6) is 0. The van der Waals surface area contributed by atoms with Crippen LogP contribution in [-0.2, 0) is 0 Å². The number of thiazole rings is 1. The van der Waals surface area contributed by atoms with Crippen LogP contribution in [0.3, 0.4) is 0 Å². The number of halogens is 1. The van der Waals surface area contributed by atoms with Gasteiger partial charge in [0.15, 0.2) is 5.13 Å². The highest BCUT2D eigenvalue weighted by Crippen LogP contribution is 2.21. The van der Waals surface area contributed by atoms with Gasteiger partial charge in [-0.15, -0.1) is 11.3 Å². The zero-order valence-electron chi connectivity index (χ0n) is 8.01. The van der Waals surface area contributed by atoms with Crippen LogP contribution >= 0.6 is 22.9 Å². The summed E-state index contributed by atoms with van der Waals surface area (Å²) in [6.07, 6.45) is 3.52. The Kier molecular flexibility index (Phi) is 4.53. The van der Waals surface area contributed by atoms with Crippen molar-refractivity contribution in [1.29, 1.82) is 0 Å². The second kappa shape index (κ2) is 5.45. The monoisotopic (exact) mass is 218 g/mol. The molecule has 1 aromatic heterocycles. The molecule has 0 saturated heterocycles. The smallest absolute Gasteiger partial charge is 0.184 e. The molecule has 4 heteroatoms. The van der Waals surface area contributed by atoms with Crippen LogP contribution in [0.15, 0.2) is 5.38 Å². The third kappa shape index (κ3) is 3.53. The molecule has 1 aromatic rings. The van der Waals surface area contributed by atoms with Gasteiger partial charge in [-0.1, -0.05) is 31.9 Å². The zero-order chi connectivity index (χ0) is 9.68. The molecule has 0 fully saturated rings. The first kappa shape index (κ1) is 10.8. The average molecular weight is 219 g/mol. The third-order valence-corrected chi connectivity index (χ3v) is 3.03. The lowest BCUT2D eigenvalue weighted by atomic mass is 10.1. The summed E-state index contributed by atoms with van der Waals surface area (Å²) in [7, 11) is 0. The molecule has 1 atom stereocenters. The molecule has 0 amide bonds. The molecule has 0 aliphatic rings. The minimum absolute atomic E-state index is 0.534. The van der Waals surface area contributed by atoms with Gasteiger partial charge in [0.25, 0.3) is 0 Å². The van der Waals surface area contributed by atoms with E-state index in [1.807, 2.05) is 5.38 Å². The molecule has 0 aromatic carbocycles. The standard InChI is InChI=1S/C9H15ClN2S/c1-3-5-7(4-2)11-9-12-8(10)6-13-9/h6-7H,3-5H2,1-2H3,(H,11,12). The van der Waals surface area contributed by atoms with Gasteiger partial charge in [0, 0.05) is 11.4 Å². The first-order valence-electron chi connectivity index (χ1n) is 4.63. The Hall–Kier alpha value is -0.280. The Morgan fingerprint density at radius 2 is 2.38 bits per heavy atom. The van der Waals surface area contributed by atoms with E-state index in [-0.39, 0.29) is 0 Å². The van der Waals surface area contributed by atoms with E-state index in [1.165, 1.54) is 12.8 Å². The van der Waals surface area contributed by atoms with Crippen LogP contribution in [0.2, 0.25) is 5.15 Å². The molecule has 1 rings (SSSR count). The van der Waals surface area contributed by atoms with Crippen molar-refractivity contribution >= 4 is 28.1 Å². The van der Waals surface area contributed by atoms with E-state index in [9.17, 15) is 0 Å². The second-order valence-corrected chi connectivity index (χ2v) is 4.26. The lowest BCUT2D eigenvalue weighted by Crippen LogP contribution is -2.17. The highest BCUT2D eigenvalue weighted by Gasteiger charge is 2.06. The van der Waals surface area contributed by atoms with Crippen LogP contribution in [0.5, 0.6) is 0 Å². The molecule has 0 bridgehead atoms. The molecule has 0 aliphatic carbocycles. The van der Waals surface area contributed by atoms with Crippen LogP contribution in [-0.4, -0.2) is 11.0 Å². The van der Waals surface area contributed by atoms with Gasteiger partial charge in [0.2, 0.25) is 0 Å². The molecular formula is C9H15ClN2S. The van der Waals surface area contributed by atoms with E-state index in [2.05, 4.69) is 24.1 Å². The molecule has 1 heterocycles. The van der Waals surface area contributed by atoms with E-state index in [0.29, 0.717) is 11.2 Å². The topological polar surface area (TPSA) is 24.9 Å². The minimum Gasteiger partial charge on any atom is -0.359 e. The molecule has 2 nitrogen and oxygen atoms in total. The maximum atomic E-state index is 5.72. The number of hydrogen-bond donors (Lipinski definition) is 1. The van der Waals surface area contributed by atoms with Crippen LogP contribution in [0.25, 0.3) is 0 Å². The number of nitrogens with one attached hydrogen (secondary N) is 1. The number of nitrogens with zero attached hydrogens (tertiary/aromatic N) is 1. The molecule has 1 unspecified atom stereocenters.